The number of benzene rings is 2. The Balaban J connectivity index is 1.94. The van der Waals surface area contributed by atoms with Gasteiger partial charge in [0.2, 0.25) is 12.2 Å². The summed E-state index contributed by atoms with van der Waals surface area (Å²) in [4.78, 5) is 11.6. The van der Waals surface area contributed by atoms with Crippen LogP contribution in [0.3, 0.4) is 0 Å². The molecule has 0 aromatic heterocycles. The predicted molar refractivity (Wildman–Crippen MR) is 103 cm³/mol. The summed E-state index contributed by atoms with van der Waals surface area (Å²) in [6, 6.07) is 15.1. The van der Waals surface area contributed by atoms with Crippen molar-refractivity contribution >= 4 is 5.91 Å². The number of nitrogens with one attached hydrogen (secondary N) is 1. The summed E-state index contributed by atoms with van der Waals surface area (Å²) >= 11 is 0. The average Bonchev–Trinajstić information content (AvgIpc) is 2.73. The third-order valence-corrected chi connectivity index (χ3v) is 4.68. The van der Waals surface area contributed by atoms with Crippen molar-refractivity contribution in [2.24, 2.45) is 0 Å². The highest BCUT2D eigenvalue weighted by Crippen LogP contribution is 2.33. The van der Waals surface area contributed by atoms with E-state index in [2.05, 4.69) is 11.4 Å². The number of nitriles is 1. The molecule has 1 heterocycles. The van der Waals surface area contributed by atoms with Gasteiger partial charge in [-0.3, -0.25) is 4.79 Å². The molecule has 0 bridgehead atoms. The Hall–Kier alpha value is -2.96. The minimum Gasteiger partial charge on any atom is -0.462 e. The molecule has 2 aromatic carbocycles. The minimum absolute atomic E-state index is 0.392. The summed E-state index contributed by atoms with van der Waals surface area (Å²) < 4.78 is 11.6. The first-order valence-electron chi connectivity index (χ1n) is 9.10. The molecule has 0 saturated carbocycles. The fourth-order valence-electron chi connectivity index (χ4n) is 3.26. The maximum Gasteiger partial charge on any atom is 0.223 e. The Morgan fingerprint density at radius 1 is 1.21 bits per heavy atom. The number of rotatable bonds is 5. The molecule has 1 aliphatic rings. The minimum atomic E-state index is -1.40. The Labute approximate surface area is 167 Å². The van der Waals surface area contributed by atoms with E-state index in [1.54, 1.807) is 36.4 Å². The number of aliphatic hydroxyl groups is 3. The van der Waals surface area contributed by atoms with Gasteiger partial charge in [0.05, 0.1) is 18.2 Å². The summed E-state index contributed by atoms with van der Waals surface area (Å²) in [7, 11) is 0. The number of hydrogen-bond donors (Lipinski definition) is 4. The van der Waals surface area contributed by atoms with Gasteiger partial charge in [-0.15, -0.1) is 0 Å². The molecule has 1 saturated heterocycles. The number of carbonyl (C=O) groups is 1. The molecule has 8 nitrogen and oxygen atoms in total. The largest absolute Gasteiger partial charge is 0.462 e. The van der Waals surface area contributed by atoms with Crippen molar-refractivity contribution in [1.82, 2.24) is 5.32 Å². The summed E-state index contributed by atoms with van der Waals surface area (Å²) in [6.45, 7) is 0.742. The van der Waals surface area contributed by atoms with Crippen molar-refractivity contribution in [3.63, 3.8) is 0 Å². The topological polar surface area (TPSA) is 132 Å². The molecule has 8 heteroatoms. The lowest BCUT2D eigenvalue weighted by Crippen LogP contribution is -2.65. The van der Waals surface area contributed by atoms with Crippen LogP contribution in [0.2, 0.25) is 0 Å². The van der Waals surface area contributed by atoms with Crippen molar-refractivity contribution in [1.29, 1.82) is 5.26 Å². The van der Waals surface area contributed by atoms with E-state index in [0.29, 0.717) is 16.9 Å². The molecule has 0 radical (unpaired) electrons. The molecule has 5 atom stereocenters. The van der Waals surface area contributed by atoms with Gasteiger partial charge in [0.1, 0.15) is 30.1 Å². The molecule has 1 amide bonds. The first kappa shape index (κ1) is 20.8. The van der Waals surface area contributed by atoms with Crippen LogP contribution < -0.4 is 10.1 Å². The molecule has 0 aliphatic carbocycles. The van der Waals surface area contributed by atoms with Gasteiger partial charge in [-0.2, -0.15) is 5.26 Å². The van der Waals surface area contributed by atoms with E-state index in [4.69, 9.17) is 14.7 Å². The van der Waals surface area contributed by atoms with E-state index in [0.717, 1.165) is 5.56 Å². The van der Waals surface area contributed by atoms with E-state index in [9.17, 15) is 20.1 Å². The molecule has 1 fully saturated rings. The van der Waals surface area contributed by atoms with Crippen molar-refractivity contribution < 1.29 is 29.6 Å². The molecule has 3 rings (SSSR count). The summed E-state index contributed by atoms with van der Waals surface area (Å²) in [5, 5.41) is 41.7. The number of nitrogens with zero attached hydrogens (tertiary/aromatic N) is 1. The number of aliphatic hydroxyl groups excluding tert-OH is 3. The lowest BCUT2D eigenvalue weighted by Gasteiger charge is -2.42. The fourth-order valence-corrected chi connectivity index (χ4v) is 3.26. The highest BCUT2D eigenvalue weighted by molar-refractivity contribution is 5.73. The monoisotopic (exact) mass is 398 g/mol. The molecule has 1 aliphatic heterocycles. The van der Waals surface area contributed by atoms with Crippen LogP contribution in [0.25, 0.3) is 11.1 Å². The fraction of sp³-hybridized carbons (Fsp3) is 0.333. The maximum absolute atomic E-state index is 11.6. The van der Waals surface area contributed by atoms with Crippen molar-refractivity contribution in [3.8, 4) is 22.9 Å². The third kappa shape index (κ3) is 4.55. The predicted octanol–water partition coefficient (Wildman–Crippen LogP) is 0.548. The zero-order valence-electron chi connectivity index (χ0n) is 15.7. The van der Waals surface area contributed by atoms with Crippen molar-refractivity contribution in [3.05, 3.63) is 54.1 Å². The molecular formula is C21H22N2O6. The van der Waals surface area contributed by atoms with Gasteiger partial charge < -0.3 is 30.1 Å². The first-order valence-corrected chi connectivity index (χ1v) is 9.10. The number of carbonyl (C=O) groups excluding carboxylic acids is 1. The highest BCUT2D eigenvalue weighted by atomic mass is 16.7. The van der Waals surface area contributed by atoms with Crippen LogP contribution >= 0.6 is 0 Å². The summed E-state index contributed by atoms with van der Waals surface area (Å²) in [5.41, 5.74) is 1.91. The van der Waals surface area contributed by atoms with Crippen molar-refractivity contribution in [2.75, 3.05) is 6.61 Å². The van der Waals surface area contributed by atoms with Gasteiger partial charge in [0, 0.05) is 12.5 Å². The van der Waals surface area contributed by atoms with Crippen LogP contribution in [0.5, 0.6) is 5.75 Å². The number of amides is 1. The van der Waals surface area contributed by atoms with Gasteiger partial charge in [-0.05, 0) is 23.8 Å². The van der Waals surface area contributed by atoms with E-state index < -0.39 is 43.2 Å². The van der Waals surface area contributed by atoms with Gasteiger partial charge in [-0.1, -0.05) is 30.3 Å². The Bertz CT molecular complexity index is 912. The molecule has 5 unspecified atom stereocenters. The molecular weight excluding hydrogens is 376 g/mol. The normalized spacial score (nSPS) is 26.4. The zero-order chi connectivity index (χ0) is 21.0. The zero-order valence-corrected chi connectivity index (χ0v) is 15.7. The smallest absolute Gasteiger partial charge is 0.223 e. The van der Waals surface area contributed by atoms with Crippen LogP contribution in [0.4, 0.5) is 0 Å². The third-order valence-electron chi connectivity index (χ3n) is 4.68. The molecule has 4 N–H and O–H groups in total. The maximum atomic E-state index is 11.6. The summed E-state index contributed by atoms with van der Waals surface area (Å²) in [5.74, 6) is -0.0425. The molecule has 0 spiro atoms. The standard InChI is InChI=1S/C21H22N2O6/c1-12(25)23-18-20(27)19(26)17(11-24)29-21(18)28-16-8-3-2-7-15(16)14-6-4-5-13(9-14)10-22/h2-9,17-21,24,26-27H,11H2,1H3,(H,23,25). The Morgan fingerprint density at radius 3 is 2.66 bits per heavy atom. The van der Waals surface area contributed by atoms with Crippen LogP contribution in [-0.2, 0) is 9.53 Å². The van der Waals surface area contributed by atoms with Gasteiger partial charge in [0.25, 0.3) is 0 Å². The highest BCUT2D eigenvalue weighted by Gasteiger charge is 2.46. The number of ether oxygens (including phenoxy) is 2. The first-order chi connectivity index (χ1) is 13.9. The molecule has 2 aromatic rings. The quantitative estimate of drug-likeness (QED) is 0.578. The van der Waals surface area contributed by atoms with E-state index in [1.807, 2.05) is 12.1 Å². The van der Waals surface area contributed by atoms with Crippen molar-refractivity contribution in [2.45, 2.75) is 37.6 Å². The second-order valence-corrected chi connectivity index (χ2v) is 6.74. The SMILES string of the molecule is CC(=O)NC1C(Oc2ccccc2-c2cccc(C#N)c2)OC(CO)C(O)C1O. The summed E-state index contributed by atoms with van der Waals surface area (Å²) in [6.07, 6.45) is -5.02. The van der Waals surface area contributed by atoms with Gasteiger partial charge >= 0.3 is 0 Å². The van der Waals surface area contributed by atoms with E-state index >= 15 is 0 Å². The lowest BCUT2D eigenvalue weighted by atomic mass is 9.96. The Morgan fingerprint density at radius 2 is 1.97 bits per heavy atom. The van der Waals surface area contributed by atoms with Crippen LogP contribution in [0.1, 0.15) is 12.5 Å². The van der Waals surface area contributed by atoms with Crippen LogP contribution in [-0.4, -0.2) is 58.5 Å². The Kier molecular flexibility index (Phi) is 6.46. The molecule has 152 valence electrons. The average molecular weight is 398 g/mol. The van der Waals surface area contributed by atoms with Gasteiger partial charge in [-0.25, -0.2) is 0 Å². The molecule has 29 heavy (non-hydrogen) atoms. The van der Waals surface area contributed by atoms with E-state index in [1.165, 1.54) is 6.92 Å². The second kappa shape index (κ2) is 9.03. The van der Waals surface area contributed by atoms with Crippen LogP contribution in [0, 0.1) is 11.3 Å². The number of para-hydroxylation sites is 1. The lowest BCUT2D eigenvalue weighted by molar-refractivity contribution is -0.244. The van der Waals surface area contributed by atoms with Crippen LogP contribution in [0.15, 0.2) is 48.5 Å². The number of hydrogen-bond acceptors (Lipinski definition) is 7. The second-order valence-electron chi connectivity index (χ2n) is 6.74. The van der Waals surface area contributed by atoms with E-state index in [-0.39, 0.29) is 0 Å². The van der Waals surface area contributed by atoms with Gasteiger partial charge in [0.15, 0.2) is 0 Å².